The van der Waals surface area contributed by atoms with E-state index in [0.29, 0.717) is 5.41 Å². The lowest BCUT2D eigenvalue weighted by atomic mass is 9.65. The third kappa shape index (κ3) is 2.94. The molecule has 1 N–H and O–H groups in total. The van der Waals surface area contributed by atoms with Gasteiger partial charge in [-0.3, -0.25) is 0 Å². The van der Waals surface area contributed by atoms with Gasteiger partial charge >= 0.3 is 0 Å². The van der Waals surface area contributed by atoms with Gasteiger partial charge in [0.2, 0.25) is 0 Å². The maximum Gasteiger partial charge on any atom is 0.0548 e. The molecule has 1 rings (SSSR count). The summed E-state index contributed by atoms with van der Waals surface area (Å²) in [6.45, 7) is 12.4. The van der Waals surface area contributed by atoms with Crippen LogP contribution in [0.25, 0.3) is 0 Å². The minimum absolute atomic E-state index is 0.450. The molecule has 0 bridgehead atoms. The van der Waals surface area contributed by atoms with E-state index < -0.39 is 0 Å². The summed E-state index contributed by atoms with van der Waals surface area (Å²) < 4.78 is 5.49. The molecule has 1 aliphatic heterocycles. The van der Waals surface area contributed by atoms with Crippen LogP contribution in [-0.2, 0) is 4.74 Å². The second-order valence-electron chi connectivity index (χ2n) is 5.86. The highest BCUT2D eigenvalue weighted by atomic mass is 16.5. The molecule has 0 aliphatic carbocycles. The summed E-state index contributed by atoms with van der Waals surface area (Å²) in [5.74, 6) is 2.26. The SMILES string of the molecule is CNCC(C(C)C)C1(CC(C)C)COC1. The van der Waals surface area contributed by atoms with E-state index in [4.69, 9.17) is 4.74 Å². The first kappa shape index (κ1) is 13.0. The van der Waals surface area contributed by atoms with Crippen LogP contribution in [0.1, 0.15) is 34.1 Å². The van der Waals surface area contributed by atoms with Crippen LogP contribution in [0, 0.1) is 23.2 Å². The van der Waals surface area contributed by atoms with E-state index in [1.165, 1.54) is 6.42 Å². The number of hydrogen-bond acceptors (Lipinski definition) is 2. The van der Waals surface area contributed by atoms with Gasteiger partial charge in [0.15, 0.2) is 0 Å². The molecule has 0 spiro atoms. The average Bonchev–Trinajstić information content (AvgIpc) is 2.07. The van der Waals surface area contributed by atoms with Crippen molar-refractivity contribution in [3.05, 3.63) is 0 Å². The number of hydrogen-bond donors (Lipinski definition) is 1. The third-order valence-corrected chi connectivity index (χ3v) is 3.61. The van der Waals surface area contributed by atoms with Gasteiger partial charge < -0.3 is 10.1 Å². The Morgan fingerprint density at radius 3 is 2.07 bits per heavy atom. The van der Waals surface area contributed by atoms with Crippen molar-refractivity contribution in [1.29, 1.82) is 0 Å². The Balaban J connectivity index is 2.67. The second kappa shape index (κ2) is 5.31. The lowest BCUT2D eigenvalue weighted by molar-refractivity contribution is -0.163. The lowest BCUT2D eigenvalue weighted by Crippen LogP contribution is -2.53. The summed E-state index contributed by atoms with van der Waals surface area (Å²) in [5, 5.41) is 3.34. The fourth-order valence-corrected chi connectivity index (χ4v) is 3.04. The topological polar surface area (TPSA) is 21.3 Å². The second-order valence-corrected chi connectivity index (χ2v) is 5.86. The Hall–Kier alpha value is -0.0800. The number of ether oxygens (including phenoxy) is 1. The van der Waals surface area contributed by atoms with Gasteiger partial charge in [-0.2, -0.15) is 0 Å². The molecule has 1 saturated heterocycles. The van der Waals surface area contributed by atoms with Crippen LogP contribution in [0.2, 0.25) is 0 Å². The lowest BCUT2D eigenvalue weighted by Gasteiger charge is -2.50. The van der Waals surface area contributed by atoms with Crippen molar-refractivity contribution in [2.75, 3.05) is 26.8 Å². The van der Waals surface area contributed by atoms with Crippen molar-refractivity contribution < 1.29 is 4.74 Å². The Morgan fingerprint density at radius 2 is 1.80 bits per heavy atom. The molecule has 1 heterocycles. The molecule has 1 unspecified atom stereocenters. The molecule has 0 aromatic heterocycles. The van der Waals surface area contributed by atoms with Crippen molar-refractivity contribution >= 4 is 0 Å². The van der Waals surface area contributed by atoms with E-state index in [0.717, 1.165) is 37.5 Å². The molecule has 2 heteroatoms. The van der Waals surface area contributed by atoms with E-state index in [-0.39, 0.29) is 0 Å². The van der Waals surface area contributed by atoms with Crippen LogP contribution in [-0.4, -0.2) is 26.8 Å². The van der Waals surface area contributed by atoms with Gasteiger partial charge in [-0.1, -0.05) is 27.7 Å². The first-order valence-corrected chi connectivity index (χ1v) is 6.24. The van der Waals surface area contributed by atoms with Crippen LogP contribution in [0.5, 0.6) is 0 Å². The minimum atomic E-state index is 0.450. The van der Waals surface area contributed by atoms with Crippen LogP contribution in [0.15, 0.2) is 0 Å². The Bertz CT molecular complexity index is 185. The van der Waals surface area contributed by atoms with Gasteiger partial charge in [-0.05, 0) is 37.8 Å². The third-order valence-electron chi connectivity index (χ3n) is 3.61. The number of rotatable bonds is 6. The normalized spacial score (nSPS) is 21.8. The Kier molecular flexibility index (Phi) is 4.60. The molecular weight excluding hydrogens is 186 g/mol. The van der Waals surface area contributed by atoms with Crippen molar-refractivity contribution in [3.63, 3.8) is 0 Å². The van der Waals surface area contributed by atoms with E-state index in [1.54, 1.807) is 0 Å². The average molecular weight is 213 g/mol. The van der Waals surface area contributed by atoms with Gasteiger partial charge in [0.25, 0.3) is 0 Å². The molecule has 0 saturated carbocycles. The zero-order valence-electron chi connectivity index (χ0n) is 11.0. The maximum absolute atomic E-state index is 5.49. The van der Waals surface area contributed by atoms with E-state index >= 15 is 0 Å². The molecule has 0 aromatic carbocycles. The summed E-state index contributed by atoms with van der Waals surface area (Å²) in [5.41, 5.74) is 0.450. The monoisotopic (exact) mass is 213 g/mol. The molecule has 15 heavy (non-hydrogen) atoms. The molecule has 1 fully saturated rings. The first-order chi connectivity index (χ1) is 7.02. The highest BCUT2D eigenvalue weighted by Crippen LogP contribution is 2.44. The zero-order valence-corrected chi connectivity index (χ0v) is 11.0. The standard InChI is InChI=1S/C13H27NO/c1-10(2)6-13(8-15-9-13)12(7-14-5)11(3)4/h10-12,14H,6-9H2,1-5H3. The Morgan fingerprint density at radius 1 is 1.20 bits per heavy atom. The molecule has 1 atom stereocenters. The van der Waals surface area contributed by atoms with Crippen molar-refractivity contribution in [3.8, 4) is 0 Å². The van der Waals surface area contributed by atoms with Crippen molar-refractivity contribution in [2.45, 2.75) is 34.1 Å². The van der Waals surface area contributed by atoms with Crippen LogP contribution < -0.4 is 5.32 Å². The van der Waals surface area contributed by atoms with Crippen LogP contribution in [0.4, 0.5) is 0 Å². The molecule has 0 aromatic rings. The predicted molar refractivity (Wildman–Crippen MR) is 65.0 cm³/mol. The quantitative estimate of drug-likeness (QED) is 0.732. The predicted octanol–water partition coefficient (Wildman–Crippen LogP) is 2.54. The van der Waals surface area contributed by atoms with Gasteiger partial charge in [-0.25, -0.2) is 0 Å². The molecule has 0 amide bonds. The van der Waals surface area contributed by atoms with Gasteiger partial charge in [0.1, 0.15) is 0 Å². The first-order valence-electron chi connectivity index (χ1n) is 6.24. The van der Waals surface area contributed by atoms with Crippen LogP contribution >= 0.6 is 0 Å². The van der Waals surface area contributed by atoms with Crippen LogP contribution in [0.3, 0.4) is 0 Å². The minimum Gasteiger partial charge on any atom is -0.380 e. The van der Waals surface area contributed by atoms with Gasteiger partial charge in [-0.15, -0.1) is 0 Å². The molecular formula is C13H27NO. The summed E-state index contributed by atoms with van der Waals surface area (Å²) in [7, 11) is 2.05. The maximum atomic E-state index is 5.49. The zero-order chi connectivity index (χ0) is 11.5. The largest absolute Gasteiger partial charge is 0.380 e. The fraction of sp³-hybridized carbons (Fsp3) is 1.00. The summed E-state index contributed by atoms with van der Waals surface area (Å²) in [4.78, 5) is 0. The molecule has 2 nitrogen and oxygen atoms in total. The summed E-state index contributed by atoms with van der Waals surface area (Å²) in [6.07, 6.45) is 1.30. The summed E-state index contributed by atoms with van der Waals surface area (Å²) >= 11 is 0. The Labute approximate surface area is 94.8 Å². The summed E-state index contributed by atoms with van der Waals surface area (Å²) in [6, 6.07) is 0. The molecule has 1 aliphatic rings. The highest BCUT2D eigenvalue weighted by molar-refractivity contribution is 4.94. The highest BCUT2D eigenvalue weighted by Gasteiger charge is 2.46. The molecule has 0 radical (unpaired) electrons. The molecule has 90 valence electrons. The van der Waals surface area contributed by atoms with Gasteiger partial charge in [0.05, 0.1) is 13.2 Å². The smallest absolute Gasteiger partial charge is 0.0548 e. The van der Waals surface area contributed by atoms with Crippen molar-refractivity contribution in [1.82, 2.24) is 5.32 Å². The van der Waals surface area contributed by atoms with E-state index in [9.17, 15) is 0 Å². The number of nitrogens with one attached hydrogen (secondary N) is 1. The van der Waals surface area contributed by atoms with E-state index in [1.807, 2.05) is 0 Å². The van der Waals surface area contributed by atoms with Crippen molar-refractivity contribution in [2.24, 2.45) is 23.2 Å². The van der Waals surface area contributed by atoms with Gasteiger partial charge in [0, 0.05) is 5.41 Å². The fourth-order valence-electron chi connectivity index (χ4n) is 3.04. The van der Waals surface area contributed by atoms with E-state index in [2.05, 4.69) is 40.1 Å².